The van der Waals surface area contributed by atoms with Crippen LogP contribution in [-0.2, 0) is 4.79 Å². The summed E-state index contributed by atoms with van der Waals surface area (Å²) in [5, 5.41) is 15.5. The summed E-state index contributed by atoms with van der Waals surface area (Å²) in [5.74, 6) is 7.02. The van der Waals surface area contributed by atoms with Gasteiger partial charge in [0.25, 0.3) is 5.95 Å². The molecule has 4 N–H and O–H groups in total. The number of aromatic nitrogens is 3. The van der Waals surface area contributed by atoms with Crippen LogP contribution in [0.3, 0.4) is 0 Å². The van der Waals surface area contributed by atoms with Crippen molar-refractivity contribution in [3.05, 3.63) is 59.7 Å². The molecule has 3 rings (SSSR count). The summed E-state index contributed by atoms with van der Waals surface area (Å²) in [4.78, 5) is 12.2. The first-order valence-corrected chi connectivity index (χ1v) is 10.1. The first kappa shape index (κ1) is 21.2. The zero-order valence-corrected chi connectivity index (χ0v) is 17.7. The molecule has 0 aliphatic carbocycles. The molecule has 1 heterocycles. The first-order valence-electron chi connectivity index (χ1n) is 9.11. The molecule has 0 aliphatic heterocycles. The van der Waals surface area contributed by atoms with Crippen LogP contribution in [0.2, 0.25) is 0 Å². The fraction of sp³-hybridized carbons (Fsp3) is 0.200. The van der Waals surface area contributed by atoms with Crippen LogP contribution in [0.25, 0.3) is 0 Å². The van der Waals surface area contributed by atoms with E-state index in [2.05, 4.69) is 26.0 Å². The summed E-state index contributed by atoms with van der Waals surface area (Å²) in [5.41, 5.74) is 6.24. The Morgan fingerprint density at radius 1 is 1.23 bits per heavy atom. The minimum absolute atomic E-state index is 0.148. The van der Waals surface area contributed by atoms with Crippen LogP contribution >= 0.6 is 11.8 Å². The molecule has 156 valence electrons. The first-order chi connectivity index (χ1) is 14.5. The minimum Gasteiger partial charge on any atom is -0.497 e. The lowest BCUT2D eigenvalue weighted by Gasteiger charge is -2.06. The molecule has 2 aromatic carbocycles. The Bertz CT molecular complexity index is 1060. The predicted molar refractivity (Wildman–Crippen MR) is 120 cm³/mol. The highest BCUT2D eigenvalue weighted by molar-refractivity contribution is 7.99. The summed E-state index contributed by atoms with van der Waals surface area (Å²) >= 11 is 1.18. The lowest BCUT2D eigenvalue weighted by Crippen LogP contribution is -2.17. The number of ether oxygens (including phenoxy) is 1. The molecule has 0 bridgehead atoms. The van der Waals surface area contributed by atoms with E-state index in [9.17, 15) is 4.79 Å². The second-order valence-corrected chi connectivity index (χ2v) is 7.37. The van der Waals surface area contributed by atoms with E-state index in [-0.39, 0.29) is 17.6 Å². The number of hydrogen-bond donors (Lipinski definition) is 3. The fourth-order valence-corrected chi connectivity index (χ4v) is 3.20. The molecule has 0 spiro atoms. The molecule has 1 aromatic heterocycles. The summed E-state index contributed by atoms with van der Waals surface area (Å²) in [6.07, 6.45) is 0. The van der Waals surface area contributed by atoms with Gasteiger partial charge in [-0.2, -0.15) is 5.10 Å². The van der Waals surface area contributed by atoms with E-state index >= 15 is 0 Å². The number of amides is 1. The molecule has 0 saturated heterocycles. The molecule has 0 saturated carbocycles. The van der Waals surface area contributed by atoms with Crippen molar-refractivity contribution in [2.45, 2.75) is 19.0 Å². The van der Waals surface area contributed by atoms with Crippen LogP contribution in [0.4, 0.5) is 11.6 Å². The Labute approximate surface area is 178 Å². The number of nitrogens with one attached hydrogen (secondary N) is 2. The second-order valence-electron chi connectivity index (χ2n) is 6.42. The number of anilines is 2. The van der Waals surface area contributed by atoms with Gasteiger partial charge in [0.1, 0.15) is 5.75 Å². The van der Waals surface area contributed by atoms with Gasteiger partial charge in [-0.3, -0.25) is 4.79 Å². The van der Waals surface area contributed by atoms with Gasteiger partial charge < -0.3 is 15.9 Å². The average Bonchev–Trinajstić information content (AvgIpc) is 3.10. The number of hydrazone groups is 1. The number of thioether (sulfide) groups is 1. The van der Waals surface area contributed by atoms with Crippen molar-refractivity contribution in [2.24, 2.45) is 5.10 Å². The number of methoxy groups -OCH3 is 1. The highest BCUT2D eigenvalue weighted by Crippen LogP contribution is 2.18. The fourth-order valence-electron chi connectivity index (χ4n) is 2.55. The quantitative estimate of drug-likeness (QED) is 0.220. The summed E-state index contributed by atoms with van der Waals surface area (Å²) in [7, 11) is 1.61. The van der Waals surface area contributed by atoms with Gasteiger partial charge in [0.05, 0.1) is 18.6 Å². The van der Waals surface area contributed by atoms with Crippen LogP contribution in [0.15, 0.2) is 58.8 Å². The van der Waals surface area contributed by atoms with E-state index in [1.165, 1.54) is 16.4 Å². The number of nitrogens with zero attached hydrogens (tertiary/aromatic N) is 4. The molecular formula is C20H23N7O2S. The number of nitrogen functional groups attached to an aromatic ring is 1. The molecule has 0 radical (unpaired) electrons. The Morgan fingerprint density at radius 3 is 2.80 bits per heavy atom. The maximum absolute atomic E-state index is 12.2. The number of rotatable bonds is 8. The number of nitrogens with two attached hydrogens (primary N) is 1. The van der Waals surface area contributed by atoms with Crippen molar-refractivity contribution >= 4 is 35.0 Å². The minimum atomic E-state index is -0.157. The van der Waals surface area contributed by atoms with E-state index in [4.69, 9.17) is 10.6 Å². The lowest BCUT2D eigenvalue weighted by atomic mass is 10.1. The summed E-state index contributed by atoms with van der Waals surface area (Å²) in [6.45, 7) is 3.82. The van der Waals surface area contributed by atoms with Crippen LogP contribution in [0, 0.1) is 6.92 Å². The van der Waals surface area contributed by atoms with Crippen molar-refractivity contribution in [1.29, 1.82) is 0 Å². The average molecular weight is 426 g/mol. The summed E-state index contributed by atoms with van der Waals surface area (Å²) < 4.78 is 6.48. The van der Waals surface area contributed by atoms with Gasteiger partial charge in [-0.25, -0.2) is 10.1 Å². The Balaban J connectivity index is 1.58. The van der Waals surface area contributed by atoms with E-state index < -0.39 is 0 Å². The van der Waals surface area contributed by atoms with Gasteiger partial charge in [0.2, 0.25) is 11.1 Å². The molecular weight excluding hydrogens is 402 g/mol. The van der Waals surface area contributed by atoms with Crippen molar-refractivity contribution < 1.29 is 9.53 Å². The molecule has 0 unspecified atom stereocenters. The predicted octanol–water partition coefficient (Wildman–Crippen LogP) is 2.88. The van der Waals surface area contributed by atoms with Crippen molar-refractivity contribution in [2.75, 3.05) is 29.4 Å². The third-order valence-corrected chi connectivity index (χ3v) is 5.05. The van der Waals surface area contributed by atoms with Crippen molar-refractivity contribution in [3.63, 3.8) is 0 Å². The van der Waals surface area contributed by atoms with Gasteiger partial charge in [0, 0.05) is 11.3 Å². The molecule has 9 nitrogen and oxygen atoms in total. The number of benzene rings is 2. The monoisotopic (exact) mass is 425 g/mol. The number of carbonyl (C=O) groups is 1. The zero-order valence-electron chi connectivity index (χ0n) is 16.9. The van der Waals surface area contributed by atoms with Gasteiger partial charge in [-0.05, 0) is 43.7 Å². The lowest BCUT2D eigenvalue weighted by molar-refractivity contribution is -0.113. The van der Waals surface area contributed by atoms with Crippen LogP contribution in [-0.4, -0.2) is 39.4 Å². The van der Waals surface area contributed by atoms with E-state index in [0.29, 0.717) is 5.16 Å². The molecule has 0 fully saturated rings. The summed E-state index contributed by atoms with van der Waals surface area (Å²) in [6, 6.07) is 15.1. The van der Waals surface area contributed by atoms with E-state index in [1.54, 1.807) is 7.11 Å². The highest BCUT2D eigenvalue weighted by Gasteiger charge is 2.12. The van der Waals surface area contributed by atoms with Gasteiger partial charge >= 0.3 is 0 Å². The molecule has 30 heavy (non-hydrogen) atoms. The van der Waals surface area contributed by atoms with Crippen LogP contribution < -0.4 is 21.3 Å². The zero-order chi connectivity index (χ0) is 21.5. The van der Waals surface area contributed by atoms with E-state index in [0.717, 1.165) is 28.3 Å². The second kappa shape index (κ2) is 9.79. The highest BCUT2D eigenvalue weighted by atomic mass is 32.2. The number of aryl methyl sites for hydroxylation is 1. The normalized spacial score (nSPS) is 11.2. The van der Waals surface area contributed by atoms with Gasteiger partial charge in [-0.15, -0.1) is 10.2 Å². The molecule has 10 heteroatoms. The molecule has 3 aromatic rings. The van der Waals surface area contributed by atoms with Crippen LogP contribution in [0.5, 0.6) is 5.75 Å². The molecule has 0 atom stereocenters. The molecule has 1 amide bonds. The van der Waals surface area contributed by atoms with Gasteiger partial charge in [-0.1, -0.05) is 36.0 Å². The smallest absolute Gasteiger partial charge is 0.264 e. The topological polar surface area (TPSA) is 119 Å². The standard InChI is InChI=1S/C20H23N7O2S/c1-13-6-4-8-16(10-13)22-18(28)12-30-20-26-25-19(27(20)21)24-23-14(2)15-7-5-9-17(11-15)29-3/h4-11H,12,21H2,1-3H3,(H,22,28)(H,24,25)/b23-14+. The number of hydrogen-bond acceptors (Lipinski definition) is 8. The Hall–Kier alpha value is -3.53. The SMILES string of the molecule is COc1cccc(/C(C)=N/Nc2nnc(SCC(=O)Nc3cccc(C)c3)n2N)c1. The third-order valence-electron chi connectivity index (χ3n) is 4.11. The largest absolute Gasteiger partial charge is 0.497 e. The maximum atomic E-state index is 12.2. The van der Waals surface area contributed by atoms with Crippen molar-refractivity contribution in [3.8, 4) is 5.75 Å². The molecule has 0 aliphatic rings. The third kappa shape index (κ3) is 5.51. The van der Waals surface area contributed by atoms with E-state index in [1.807, 2.05) is 62.4 Å². The maximum Gasteiger partial charge on any atom is 0.264 e. The Morgan fingerprint density at radius 2 is 2.03 bits per heavy atom. The van der Waals surface area contributed by atoms with Crippen LogP contribution in [0.1, 0.15) is 18.1 Å². The number of carbonyl (C=O) groups excluding carboxylic acids is 1. The van der Waals surface area contributed by atoms with Gasteiger partial charge in [0.15, 0.2) is 0 Å². The van der Waals surface area contributed by atoms with Crippen molar-refractivity contribution in [1.82, 2.24) is 14.9 Å². The Kier molecular flexibility index (Phi) is 6.91.